The second-order valence-corrected chi connectivity index (χ2v) is 5.46. The molecule has 0 saturated heterocycles. The van der Waals surface area contributed by atoms with Gasteiger partial charge in [0, 0.05) is 11.5 Å². The lowest BCUT2D eigenvalue weighted by molar-refractivity contribution is 0.326. The molecule has 2 unspecified atom stereocenters. The number of aryl methyl sites for hydroxylation is 1. The van der Waals surface area contributed by atoms with Gasteiger partial charge in [-0.3, -0.25) is 11.3 Å². The highest BCUT2D eigenvalue weighted by molar-refractivity contribution is 5.42. The van der Waals surface area contributed by atoms with E-state index in [-0.39, 0.29) is 6.04 Å². The predicted molar refractivity (Wildman–Crippen MR) is 85.2 cm³/mol. The van der Waals surface area contributed by atoms with Gasteiger partial charge in [-0.2, -0.15) is 0 Å². The van der Waals surface area contributed by atoms with Crippen molar-refractivity contribution in [2.75, 3.05) is 6.61 Å². The molecule has 0 bridgehead atoms. The molecule has 1 aliphatic rings. The molecular weight excluding hydrogens is 260 g/mol. The lowest BCUT2D eigenvalue weighted by Crippen LogP contribution is -2.32. The van der Waals surface area contributed by atoms with Gasteiger partial charge < -0.3 is 4.74 Å². The van der Waals surface area contributed by atoms with E-state index in [2.05, 4.69) is 35.8 Å². The van der Waals surface area contributed by atoms with E-state index in [0.29, 0.717) is 12.5 Å². The van der Waals surface area contributed by atoms with E-state index in [0.717, 1.165) is 24.2 Å². The minimum absolute atomic E-state index is 0.0800. The Morgan fingerprint density at radius 2 is 1.95 bits per heavy atom. The van der Waals surface area contributed by atoms with E-state index in [1.165, 1.54) is 11.1 Å². The maximum atomic E-state index is 5.90. The molecule has 3 N–H and O–H groups in total. The van der Waals surface area contributed by atoms with Gasteiger partial charge in [-0.1, -0.05) is 42.5 Å². The molecule has 0 aliphatic heterocycles. The fourth-order valence-electron chi connectivity index (χ4n) is 3.38. The standard InChI is InChI=1S/C18H22N2O/c1-2-21-17-10-6-5-9-16(17)18(20-19)15-12-11-13-7-3-4-8-14(13)15/h3-10,15,18,20H,2,11-12,19H2,1H3. The highest BCUT2D eigenvalue weighted by Gasteiger charge is 2.31. The first-order valence-electron chi connectivity index (χ1n) is 7.60. The second-order valence-electron chi connectivity index (χ2n) is 5.46. The van der Waals surface area contributed by atoms with Gasteiger partial charge in [0.15, 0.2) is 0 Å². The molecule has 0 amide bonds. The van der Waals surface area contributed by atoms with Crippen LogP contribution in [0.25, 0.3) is 0 Å². The highest BCUT2D eigenvalue weighted by Crippen LogP contribution is 2.43. The van der Waals surface area contributed by atoms with Gasteiger partial charge in [0.1, 0.15) is 5.75 Å². The van der Waals surface area contributed by atoms with Crippen LogP contribution >= 0.6 is 0 Å². The first-order chi connectivity index (χ1) is 10.3. The molecular formula is C18H22N2O. The molecule has 0 saturated carbocycles. The molecule has 3 rings (SSSR count). The number of hydrazine groups is 1. The summed E-state index contributed by atoms with van der Waals surface area (Å²) < 4.78 is 5.77. The zero-order valence-corrected chi connectivity index (χ0v) is 12.4. The van der Waals surface area contributed by atoms with Gasteiger partial charge in [-0.15, -0.1) is 0 Å². The van der Waals surface area contributed by atoms with Gasteiger partial charge >= 0.3 is 0 Å². The molecule has 0 spiro atoms. The van der Waals surface area contributed by atoms with E-state index < -0.39 is 0 Å². The van der Waals surface area contributed by atoms with Crippen molar-refractivity contribution in [3.05, 3.63) is 65.2 Å². The topological polar surface area (TPSA) is 47.3 Å². The summed E-state index contributed by atoms with van der Waals surface area (Å²) in [5.41, 5.74) is 7.01. The summed E-state index contributed by atoms with van der Waals surface area (Å²) in [6, 6.07) is 16.9. The Morgan fingerprint density at radius 3 is 2.76 bits per heavy atom. The number of hydrogen-bond acceptors (Lipinski definition) is 3. The Labute approximate surface area is 126 Å². The number of rotatable bonds is 5. The van der Waals surface area contributed by atoms with Crippen molar-refractivity contribution in [1.29, 1.82) is 0 Å². The maximum Gasteiger partial charge on any atom is 0.124 e. The molecule has 21 heavy (non-hydrogen) atoms. The highest BCUT2D eigenvalue weighted by atomic mass is 16.5. The van der Waals surface area contributed by atoms with Gasteiger partial charge in [-0.25, -0.2) is 0 Å². The van der Waals surface area contributed by atoms with Gasteiger partial charge in [0.25, 0.3) is 0 Å². The third-order valence-electron chi connectivity index (χ3n) is 4.32. The van der Waals surface area contributed by atoms with Gasteiger partial charge in [0.2, 0.25) is 0 Å². The summed E-state index contributed by atoms with van der Waals surface area (Å²) >= 11 is 0. The first-order valence-corrected chi connectivity index (χ1v) is 7.60. The van der Waals surface area contributed by atoms with Crippen LogP contribution in [0.1, 0.15) is 42.0 Å². The lowest BCUT2D eigenvalue weighted by atomic mass is 9.88. The molecule has 3 heteroatoms. The van der Waals surface area contributed by atoms with Crippen molar-refractivity contribution in [2.24, 2.45) is 5.84 Å². The molecule has 3 nitrogen and oxygen atoms in total. The van der Waals surface area contributed by atoms with Gasteiger partial charge in [0.05, 0.1) is 12.6 Å². The molecule has 0 aromatic heterocycles. The average Bonchev–Trinajstić information content (AvgIpc) is 2.94. The Morgan fingerprint density at radius 1 is 1.19 bits per heavy atom. The van der Waals surface area contributed by atoms with Crippen LogP contribution in [0.4, 0.5) is 0 Å². The molecule has 0 radical (unpaired) electrons. The fraction of sp³-hybridized carbons (Fsp3) is 0.333. The molecule has 0 fully saturated rings. The lowest BCUT2D eigenvalue weighted by Gasteiger charge is -2.26. The average molecular weight is 282 g/mol. The Balaban J connectivity index is 1.97. The van der Waals surface area contributed by atoms with Crippen LogP contribution in [-0.4, -0.2) is 6.61 Å². The third-order valence-corrected chi connectivity index (χ3v) is 4.32. The van der Waals surface area contributed by atoms with E-state index in [1.54, 1.807) is 0 Å². The number of nitrogens with one attached hydrogen (secondary N) is 1. The Bertz CT molecular complexity index is 612. The smallest absolute Gasteiger partial charge is 0.124 e. The van der Waals surface area contributed by atoms with E-state index in [1.807, 2.05) is 25.1 Å². The zero-order valence-electron chi connectivity index (χ0n) is 12.4. The molecule has 1 aliphatic carbocycles. The van der Waals surface area contributed by atoms with Crippen LogP contribution in [-0.2, 0) is 6.42 Å². The number of fused-ring (bicyclic) bond motifs is 1. The Hall–Kier alpha value is -1.84. The monoisotopic (exact) mass is 282 g/mol. The summed E-state index contributed by atoms with van der Waals surface area (Å²) in [5.74, 6) is 7.22. The first kappa shape index (κ1) is 14.1. The SMILES string of the molecule is CCOc1ccccc1C(NN)C1CCc2ccccc21. The number of hydrogen-bond donors (Lipinski definition) is 2. The second kappa shape index (κ2) is 6.29. The fourth-order valence-corrected chi connectivity index (χ4v) is 3.38. The third kappa shape index (κ3) is 2.67. The number of nitrogens with two attached hydrogens (primary N) is 1. The molecule has 110 valence electrons. The van der Waals surface area contributed by atoms with E-state index in [4.69, 9.17) is 10.6 Å². The number of ether oxygens (including phenoxy) is 1. The summed E-state index contributed by atoms with van der Waals surface area (Å²) in [5, 5.41) is 0. The van der Waals surface area contributed by atoms with Gasteiger partial charge in [-0.05, 0) is 37.0 Å². The summed E-state index contributed by atoms with van der Waals surface area (Å²) in [7, 11) is 0. The quantitative estimate of drug-likeness (QED) is 0.653. The molecule has 2 aromatic rings. The normalized spacial score (nSPS) is 18.3. The van der Waals surface area contributed by atoms with Crippen molar-refractivity contribution >= 4 is 0 Å². The number of benzene rings is 2. The summed E-state index contributed by atoms with van der Waals surface area (Å²) in [6.45, 7) is 2.67. The van der Waals surface area contributed by atoms with Crippen LogP contribution in [0, 0.1) is 0 Å². The molecule has 2 atom stereocenters. The van der Waals surface area contributed by atoms with Crippen molar-refractivity contribution < 1.29 is 4.74 Å². The minimum Gasteiger partial charge on any atom is -0.494 e. The predicted octanol–water partition coefficient (Wildman–Crippen LogP) is 3.32. The molecule has 0 heterocycles. The van der Waals surface area contributed by atoms with Crippen molar-refractivity contribution in [2.45, 2.75) is 31.7 Å². The van der Waals surface area contributed by atoms with Crippen LogP contribution in [0.2, 0.25) is 0 Å². The van der Waals surface area contributed by atoms with Crippen LogP contribution in [0.3, 0.4) is 0 Å². The minimum atomic E-state index is 0.0800. The van der Waals surface area contributed by atoms with Crippen LogP contribution in [0.15, 0.2) is 48.5 Å². The Kier molecular flexibility index (Phi) is 4.23. The molecule has 2 aromatic carbocycles. The van der Waals surface area contributed by atoms with E-state index in [9.17, 15) is 0 Å². The zero-order chi connectivity index (χ0) is 14.7. The number of para-hydroxylation sites is 1. The maximum absolute atomic E-state index is 5.90. The van der Waals surface area contributed by atoms with E-state index >= 15 is 0 Å². The van der Waals surface area contributed by atoms with Crippen molar-refractivity contribution in [1.82, 2.24) is 5.43 Å². The van der Waals surface area contributed by atoms with Crippen LogP contribution in [0.5, 0.6) is 5.75 Å². The van der Waals surface area contributed by atoms with Crippen molar-refractivity contribution in [3.63, 3.8) is 0 Å². The summed E-state index contributed by atoms with van der Waals surface area (Å²) in [4.78, 5) is 0. The van der Waals surface area contributed by atoms with Crippen molar-refractivity contribution in [3.8, 4) is 5.75 Å². The largest absolute Gasteiger partial charge is 0.494 e. The summed E-state index contributed by atoms with van der Waals surface area (Å²) in [6.07, 6.45) is 2.24. The van der Waals surface area contributed by atoms with Crippen LogP contribution < -0.4 is 16.0 Å².